The Balaban J connectivity index is 2.93. The van der Waals surface area contributed by atoms with Crippen molar-refractivity contribution in [2.24, 2.45) is 0 Å². The smallest absolute Gasteiger partial charge is 0.221 e. The van der Waals surface area contributed by atoms with E-state index in [1.165, 1.54) is 19.8 Å². The van der Waals surface area contributed by atoms with E-state index in [4.69, 9.17) is 0 Å². The van der Waals surface area contributed by atoms with Gasteiger partial charge in [0.25, 0.3) is 0 Å². The van der Waals surface area contributed by atoms with Crippen LogP contribution in [0.15, 0.2) is 36.3 Å². The fraction of sp³-hybridized carbons (Fsp3) is 0.533. The van der Waals surface area contributed by atoms with E-state index in [9.17, 15) is 4.79 Å². The number of amides is 1. The van der Waals surface area contributed by atoms with Gasteiger partial charge in [0.2, 0.25) is 5.91 Å². The number of carbonyl (C=O) groups excluding carboxylic acids is 1. The third-order valence-electron chi connectivity index (χ3n) is 3.16. The van der Waals surface area contributed by atoms with Gasteiger partial charge in [-0.25, -0.2) is 0 Å². The quantitative estimate of drug-likeness (QED) is 0.566. The van der Waals surface area contributed by atoms with Crippen molar-refractivity contribution >= 4 is 5.91 Å². The number of hydrogen-bond acceptors (Lipinski definition) is 3. The highest BCUT2D eigenvalue weighted by atomic mass is 16.1. The predicted octanol–water partition coefficient (Wildman–Crippen LogP) is 2.77. The third kappa shape index (κ3) is 4.47. The Morgan fingerprint density at radius 3 is 2.47 bits per heavy atom. The predicted molar refractivity (Wildman–Crippen MR) is 78.8 cm³/mol. The summed E-state index contributed by atoms with van der Waals surface area (Å²) in [6.07, 6.45) is 9.18. The topological polar surface area (TPSA) is 35.6 Å². The van der Waals surface area contributed by atoms with E-state index in [-0.39, 0.29) is 5.91 Å². The summed E-state index contributed by atoms with van der Waals surface area (Å²) >= 11 is 0. The minimum atomic E-state index is -0.0555. The van der Waals surface area contributed by atoms with Gasteiger partial charge in [0, 0.05) is 20.2 Å². The molecule has 1 fully saturated rings. The number of hydrazine groups is 1. The summed E-state index contributed by atoms with van der Waals surface area (Å²) in [4.78, 5) is 11.3. The highest BCUT2D eigenvalue weighted by Gasteiger charge is 2.29. The minimum absolute atomic E-state index is 0.0555. The second kappa shape index (κ2) is 7.02. The van der Waals surface area contributed by atoms with E-state index in [0.29, 0.717) is 6.04 Å². The van der Waals surface area contributed by atoms with E-state index < -0.39 is 0 Å². The first kappa shape index (κ1) is 15.3. The molecule has 0 radical (unpaired) electrons. The van der Waals surface area contributed by atoms with Crippen LogP contribution in [0.1, 0.15) is 40.0 Å². The molecule has 0 aromatic heterocycles. The molecule has 4 nitrogen and oxygen atoms in total. The van der Waals surface area contributed by atoms with Crippen molar-refractivity contribution < 1.29 is 4.79 Å². The Hall–Kier alpha value is -1.71. The Bertz CT molecular complexity index is 394. The largest absolute Gasteiger partial charge is 0.325 e. The molecule has 1 amide bonds. The van der Waals surface area contributed by atoms with Crippen molar-refractivity contribution in [1.29, 1.82) is 0 Å². The molecule has 1 N–H and O–H groups in total. The second-order valence-corrected chi connectivity index (χ2v) is 4.81. The van der Waals surface area contributed by atoms with Crippen molar-refractivity contribution in [3.05, 3.63) is 36.3 Å². The summed E-state index contributed by atoms with van der Waals surface area (Å²) in [5.41, 5.74) is 1.84. The van der Waals surface area contributed by atoms with Crippen LogP contribution in [0, 0.1) is 0 Å². The molecule has 4 heteroatoms. The number of nitrogens with zero attached hydrogens (tertiary/aromatic N) is 2. The number of hydrogen-bond donors (Lipinski definition) is 1. The molecular weight excluding hydrogens is 238 g/mol. The first-order valence-corrected chi connectivity index (χ1v) is 6.80. The number of rotatable bonds is 7. The van der Waals surface area contributed by atoms with Crippen LogP contribution in [-0.2, 0) is 4.79 Å². The Labute approximate surface area is 116 Å². The molecule has 0 saturated heterocycles. The van der Waals surface area contributed by atoms with Gasteiger partial charge in [-0.05, 0) is 32.3 Å². The van der Waals surface area contributed by atoms with Crippen LogP contribution in [0.25, 0.3) is 0 Å². The van der Waals surface area contributed by atoms with E-state index in [1.54, 1.807) is 0 Å². The van der Waals surface area contributed by atoms with Crippen LogP contribution in [0.2, 0.25) is 0 Å². The maximum absolute atomic E-state index is 11.3. The number of allylic oxidation sites excluding steroid dienone is 3. The van der Waals surface area contributed by atoms with Gasteiger partial charge in [0.05, 0.1) is 17.4 Å². The Morgan fingerprint density at radius 2 is 2.05 bits per heavy atom. The van der Waals surface area contributed by atoms with Gasteiger partial charge >= 0.3 is 0 Å². The Kier molecular flexibility index (Phi) is 5.67. The normalized spacial score (nSPS) is 16.0. The molecule has 0 aliphatic heterocycles. The molecule has 0 heterocycles. The molecule has 0 aromatic carbocycles. The summed E-state index contributed by atoms with van der Waals surface area (Å²) in [5, 5.41) is 7.06. The average molecular weight is 263 g/mol. The second-order valence-electron chi connectivity index (χ2n) is 4.81. The van der Waals surface area contributed by atoms with E-state index in [1.807, 2.05) is 32.3 Å². The van der Waals surface area contributed by atoms with Gasteiger partial charge in [-0.15, -0.1) is 0 Å². The summed E-state index contributed by atoms with van der Waals surface area (Å²) in [7, 11) is 2.00. The summed E-state index contributed by atoms with van der Waals surface area (Å²) in [6.45, 7) is 9.47. The highest BCUT2D eigenvalue weighted by Crippen LogP contribution is 2.29. The molecule has 0 atom stereocenters. The lowest BCUT2D eigenvalue weighted by Crippen LogP contribution is -2.37. The SMILES string of the molecule is C=CN(C1CC1)N(C)/C(C)=C(\C=C/CC)NC(C)=O. The molecule has 0 unspecified atom stereocenters. The van der Waals surface area contributed by atoms with Crippen molar-refractivity contribution in [1.82, 2.24) is 15.3 Å². The van der Waals surface area contributed by atoms with Gasteiger partial charge in [-0.2, -0.15) is 0 Å². The van der Waals surface area contributed by atoms with Crippen LogP contribution >= 0.6 is 0 Å². The van der Waals surface area contributed by atoms with E-state index >= 15 is 0 Å². The monoisotopic (exact) mass is 263 g/mol. The maximum atomic E-state index is 11.3. The van der Waals surface area contributed by atoms with Gasteiger partial charge in [0.15, 0.2) is 0 Å². The van der Waals surface area contributed by atoms with Crippen molar-refractivity contribution in [2.45, 2.75) is 46.1 Å². The van der Waals surface area contributed by atoms with Gasteiger partial charge in [-0.3, -0.25) is 14.8 Å². The van der Waals surface area contributed by atoms with Crippen molar-refractivity contribution in [3.8, 4) is 0 Å². The molecule has 1 saturated carbocycles. The maximum Gasteiger partial charge on any atom is 0.221 e. The lowest BCUT2D eigenvalue weighted by molar-refractivity contribution is -0.118. The van der Waals surface area contributed by atoms with Gasteiger partial charge in [-0.1, -0.05) is 19.6 Å². The molecule has 0 bridgehead atoms. The Morgan fingerprint density at radius 1 is 1.42 bits per heavy atom. The molecule has 0 spiro atoms. The van der Waals surface area contributed by atoms with Crippen LogP contribution in [0.5, 0.6) is 0 Å². The number of nitrogens with one attached hydrogen (secondary N) is 1. The van der Waals surface area contributed by atoms with E-state index in [0.717, 1.165) is 17.8 Å². The summed E-state index contributed by atoms with van der Waals surface area (Å²) in [6, 6.07) is 0.547. The van der Waals surface area contributed by atoms with Crippen LogP contribution in [0.3, 0.4) is 0 Å². The number of carbonyl (C=O) groups is 1. The zero-order valence-corrected chi connectivity index (χ0v) is 12.4. The fourth-order valence-electron chi connectivity index (χ4n) is 1.88. The average Bonchev–Trinajstić information content (AvgIpc) is 3.18. The fourth-order valence-corrected chi connectivity index (χ4v) is 1.88. The van der Waals surface area contributed by atoms with Crippen molar-refractivity contribution in [2.75, 3.05) is 7.05 Å². The first-order valence-electron chi connectivity index (χ1n) is 6.80. The van der Waals surface area contributed by atoms with E-state index in [2.05, 4.69) is 28.8 Å². The standard InChI is InChI=1S/C15H25N3O/c1-6-8-9-15(16-13(4)19)12(3)17(5)18(7-2)14-10-11-14/h7-9,14H,2,6,10-11H2,1,3-5H3,(H,16,19)/b9-8-,15-12+. The zero-order valence-electron chi connectivity index (χ0n) is 12.4. The molecule has 1 rings (SSSR count). The van der Waals surface area contributed by atoms with Gasteiger partial charge in [0.1, 0.15) is 0 Å². The summed E-state index contributed by atoms with van der Waals surface area (Å²) < 4.78 is 0. The van der Waals surface area contributed by atoms with Crippen LogP contribution in [0.4, 0.5) is 0 Å². The lowest BCUT2D eigenvalue weighted by Gasteiger charge is -2.34. The zero-order chi connectivity index (χ0) is 14.4. The summed E-state index contributed by atoms with van der Waals surface area (Å²) in [5.74, 6) is -0.0555. The molecule has 19 heavy (non-hydrogen) atoms. The van der Waals surface area contributed by atoms with Crippen LogP contribution < -0.4 is 5.32 Å². The molecule has 0 aromatic rings. The van der Waals surface area contributed by atoms with Crippen molar-refractivity contribution in [3.63, 3.8) is 0 Å². The lowest BCUT2D eigenvalue weighted by atomic mass is 10.2. The highest BCUT2D eigenvalue weighted by molar-refractivity contribution is 5.75. The molecule has 1 aliphatic carbocycles. The van der Waals surface area contributed by atoms with Gasteiger partial charge < -0.3 is 5.32 Å². The third-order valence-corrected chi connectivity index (χ3v) is 3.16. The molecule has 1 aliphatic rings. The molecule has 106 valence electrons. The molecular formula is C15H25N3O. The van der Waals surface area contributed by atoms with Crippen LogP contribution in [-0.4, -0.2) is 29.0 Å². The minimum Gasteiger partial charge on any atom is -0.325 e. The first-order chi connectivity index (χ1) is 9.01.